The molecule has 0 heterocycles. The van der Waals surface area contributed by atoms with E-state index in [1.807, 2.05) is 25.1 Å². The van der Waals surface area contributed by atoms with E-state index in [2.05, 4.69) is 5.32 Å². The van der Waals surface area contributed by atoms with Gasteiger partial charge in [0.15, 0.2) is 18.1 Å². The zero-order valence-corrected chi connectivity index (χ0v) is 15.2. The number of hydrogen-bond acceptors (Lipinski definition) is 5. The van der Waals surface area contributed by atoms with Crippen molar-refractivity contribution in [1.82, 2.24) is 5.32 Å². The number of esters is 1. The number of benzene rings is 2. The van der Waals surface area contributed by atoms with Crippen LogP contribution < -0.4 is 14.8 Å². The molecule has 138 valence electrons. The molecular formula is C20H23NO5. The van der Waals surface area contributed by atoms with Crippen LogP contribution in [0.25, 0.3) is 0 Å². The summed E-state index contributed by atoms with van der Waals surface area (Å²) in [5.74, 6) is 0.305. The lowest BCUT2D eigenvalue weighted by molar-refractivity contribution is -0.124. The molecule has 0 aromatic heterocycles. The number of hydrogen-bond donors (Lipinski definition) is 1. The van der Waals surface area contributed by atoms with Crippen LogP contribution in [0.4, 0.5) is 0 Å². The molecule has 6 nitrogen and oxygen atoms in total. The first-order valence-corrected chi connectivity index (χ1v) is 8.31. The molecule has 0 saturated heterocycles. The van der Waals surface area contributed by atoms with Gasteiger partial charge in [-0.2, -0.15) is 0 Å². The summed E-state index contributed by atoms with van der Waals surface area (Å²) in [7, 11) is 3.11. The number of carbonyl (C=O) groups is 2. The molecule has 2 rings (SSSR count). The zero-order valence-electron chi connectivity index (χ0n) is 15.2. The highest BCUT2D eigenvalue weighted by Crippen LogP contribution is 2.27. The minimum absolute atomic E-state index is 0.294. The highest BCUT2D eigenvalue weighted by molar-refractivity contribution is 5.91. The van der Waals surface area contributed by atoms with E-state index in [-0.39, 0.29) is 12.5 Å². The molecule has 0 atom stereocenters. The van der Waals surface area contributed by atoms with Gasteiger partial charge in [0, 0.05) is 6.54 Å². The molecule has 0 radical (unpaired) electrons. The first-order valence-electron chi connectivity index (χ1n) is 8.31. The lowest BCUT2D eigenvalue weighted by Gasteiger charge is -2.10. The summed E-state index contributed by atoms with van der Waals surface area (Å²) in [4.78, 5) is 23.8. The molecule has 26 heavy (non-hydrogen) atoms. The Balaban J connectivity index is 1.82. The Hall–Kier alpha value is -3.02. The summed E-state index contributed by atoms with van der Waals surface area (Å²) in [5.41, 5.74) is 2.40. The average Bonchev–Trinajstić information content (AvgIpc) is 2.70. The summed E-state index contributed by atoms with van der Waals surface area (Å²) in [6.07, 6.45) is 0.897. The molecule has 0 fully saturated rings. The zero-order chi connectivity index (χ0) is 18.9. The van der Waals surface area contributed by atoms with Gasteiger partial charge in [-0.05, 0) is 41.8 Å². The van der Waals surface area contributed by atoms with Crippen LogP contribution in [0.1, 0.15) is 28.4 Å². The topological polar surface area (TPSA) is 73.9 Å². The van der Waals surface area contributed by atoms with Crippen molar-refractivity contribution < 1.29 is 23.8 Å². The Labute approximate surface area is 153 Å². The van der Waals surface area contributed by atoms with E-state index in [1.165, 1.54) is 0 Å². The summed E-state index contributed by atoms with van der Waals surface area (Å²) in [6.45, 7) is 2.00. The quantitative estimate of drug-likeness (QED) is 0.736. The van der Waals surface area contributed by atoms with Gasteiger partial charge in [-0.25, -0.2) is 4.79 Å². The fraction of sp³-hybridized carbons (Fsp3) is 0.300. The SMILES string of the molecule is CCc1ccc(C(=O)OCC(=O)NCc2ccc(OC)c(OC)c2)cc1. The second kappa shape index (κ2) is 9.46. The van der Waals surface area contributed by atoms with Gasteiger partial charge < -0.3 is 19.5 Å². The molecule has 1 amide bonds. The van der Waals surface area contributed by atoms with E-state index in [0.717, 1.165) is 17.5 Å². The van der Waals surface area contributed by atoms with Gasteiger partial charge >= 0.3 is 5.97 Å². The summed E-state index contributed by atoms with van der Waals surface area (Å²) < 4.78 is 15.4. The van der Waals surface area contributed by atoms with Gasteiger partial charge in [-0.15, -0.1) is 0 Å². The Morgan fingerprint density at radius 1 is 0.923 bits per heavy atom. The summed E-state index contributed by atoms with van der Waals surface area (Å²) >= 11 is 0. The highest BCUT2D eigenvalue weighted by Gasteiger charge is 2.11. The Morgan fingerprint density at radius 2 is 1.58 bits per heavy atom. The third-order valence-corrected chi connectivity index (χ3v) is 3.87. The monoisotopic (exact) mass is 357 g/mol. The van der Waals surface area contributed by atoms with Crippen LogP contribution >= 0.6 is 0 Å². The molecule has 0 spiro atoms. The average molecular weight is 357 g/mol. The summed E-state index contributed by atoms with van der Waals surface area (Å²) in [6, 6.07) is 12.5. The molecular weight excluding hydrogens is 334 g/mol. The second-order valence-electron chi connectivity index (χ2n) is 5.59. The molecule has 0 unspecified atom stereocenters. The molecule has 0 aliphatic carbocycles. The number of methoxy groups -OCH3 is 2. The lowest BCUT2D eigenvalue weighted by atomic mass is 10.1. The molecule has 6 heteroatoms. The smallest absolute Gasteiger partial charge is 0.338 e. The van der Waals surface area contributed by atoms with Crippen LogP contribution in [0.15, 0.2) is 42.5 Å². The van der Waals surface area contributed by atoms with Crippen molar-refractivity contribution in [2.24, 2.45) is 0 Å². The first kappa shape index (κ1) is 19.3. The summed E-state index contributed by atoms with van der Waals surface area (Å²) in [5, 5.41) is 2.70. The van der Waals surface area contributed by atoms with Crippen molar-refractivity contribution >= 4 is 11.9 Å². The van der Waals surface area contributed by atoms with E-state index >= 15 is 0 Å². The van der Waals surface area contributed by atoms with E-state index in [4.69, 9.17) is 14.2 Å². The molecule has 0 aliphatic heterocycles. The van der Waals surface area contributed by atoms with E-state index in [9.17, 15) is 9.59 Å². The molecule has 0 saturated carbocycles. The van der Waals surface area contributed by atoms with Crippen LogP contribution in [0, 0.1) is 0 Å². The third kappa shape index (κ3) is 5.24. The predicted molar refractivity (Wildman–Crippen MR) is 97.5 cm³/mol. The highest BCUT2D eigenvalue weighted by atomic mass is 16.5. The van der Waals surface area contributed by atoms with E-state index in [1.54, 1.807) is 38.5 Å². The maximum atomic E-state index is 11.9. The number of carbonyl (C=O) groups excluding carboxylic acids is 2. The van der Waals surface area contributed by atoms with Crippen LogP contribution in [0.3, 0.4) is 0 Å². The van der Waals surface area contributed by atoms with Crippen molar-refractivity contribution in [2.45, 2.75) is 19.9 Å². The molecule has 2 aromatic rings. The minimum Gasteiger partial charge on any atom is -0.493 e. The largest absolute Gasteiger partial charge is 0.493 e. The fourth-order valence-corrected chi connectivity index (χ4v) is 2.33. The normalized spacial score (nSPS) is 10.1. The van der Waals surface area contributed by atoms with Crippen LogP contribution in [0.5, 0.6) is 11.5 Å². The van der Waals surface area contributed by atoms with Crippen LogP contribution in [-0.4, -0.2) is 32.7 Å². The van der Waals surface area contributed by atoms with Gasteiger partial charge in [0.1, 0.15) is 0 Å². The first-order chi connectivity index (χ1) is 12.6. The van der Waals surface area contributed by atoms with Gasteiger partial charge in [0.05, 0.1) is 19.8 Å². The van der Waals surface area contributed by atoms with E-state index in [0.29, 0.717) is 23.6 Å². The van der Waals surface area contributed by atoms with Gasteiger partial charge in [0.25, 0.3) is 5.91 Å². The third-order valence-electron chi connectivity index (χ3n) is 3.87. The number of aryl methyl sites for hydroxylation is 1. The van der Waals surface area contributed by atoms with Gasteiger partial charge in [-0.1, -0.05) is 25.1 Å². The number of nitrogens with one attached hydrogen (secondary N) is 1. The Bertz CT molecular complexity index is 755. The second-order valence-corrected chi connectivity index (χ2v) is 5.59. The molecule has 0 aliphatic rings. The predicted octanol–water partition coefficient (Wildman–Crippen LogP) is 2.74. The number of amides is 1. The van der Waals surface area contributed by atoms with Crippen molar-refractivity contribution in [1.29, 1.82) is 0 Å². The number of ether oxygens (including phenoxy) is 3. The molecule has 0 bridgehead atoms. The molecule has 1 N–H and O–H groups in total. The fourth-order valence-electron chi connectivity index (χ4n) is 2.33. The molecule has 2 aromatic carbocycles. The van der Waals surface area contributed by atoms with Crippen LogP contribution in [-0.2, 0) is 22.5 Å². The van der Waals surface area contributed by atoms with Gasteiger partial charge in [-0.3, -0.25) is 4.79 Å². The standard InChI is InChI=1S/C20H23NO5/c1-4-14-5-8-16(9-6-14)20(23)26-13-19(22)21-12-15-7-10-17(24-2)18(11-15)25-3/h5-11H,4,12-13H2,1-3H3,(H,21,22). The van der Waals surface area contributed by atoms with Crippen molar-refractivity contribution in [3.63, 3.8) is 0 Å². The maximum absolute atomic E-state index is 11.9. The maximum Gasteiger partial charge on any atom is 0.338 e. The van der Waals surface area contributed by atoms with Crippen LogP contribution in [0.2, 0.25) is 0 Å². The van der Waals surface area contributed by atoms with Crippen molar-refractivity contribution in [3.05, 3.63) is 59.2 Å². The van der Waals surface area contributed by atoms with Crippen molar-refractivity contribution in [2.75, 3.05) is 20.8 Å². The lowest BCUT2D eigenvalue weighted by Crippen LogP contribution is -2.28. The Morgan fingerprint density at radius 3 is 2.19 bits per heavy atom. The van der Waals surface area contributed by atoms with E-state index < -0.39 is 5.97 Å². The van der Waals surface area contributed by atoms with Crippen molar-refractivity contribution in [3.8, 4) is 11.5 Å². The minimum atomic E-state index is -0.520. The number of rotatable bonds is 8. The Kier molecular flexibility index (Phi) is 7.02. The van der Waals surface area contributed by atoms with Gasteiger partial charge in [0.2, 0.25) is 0 Å².